The topological polar surface area (TPSA) is 73.9 Å². The Morgan fingerprint density at radius 2 is 1.73 bits per heavy atom. The molecule has 1 N–H and O–H groups in total. The van der Waals surface area contributed by atoms with E-state index in [-0.39, 0.29) is 23.3 Å². The number of ether oxygens (including phenoxy) is 3. The third-order valence-electron chi connectivity index (χ3n) is 7.03. The molecule has 0 radical (unpaired) electrons. The van der Waals surface area contributed by atoms with Gasteiger partial charge in [0.15, 0.2) is 17.3 Å². The number of ketones is 1. The van der Waals surface area contributed by atoms with E-state index in [1.165, 1.54) is 6.42 Å². The molecule has 0 spiro atoms. The van der Waals surface area contributed by atoms with Crippen molar-refractivity contribution >= 4 is 11.8 Å². The SMILES string of the molecule is COc1ccc([C@H]2C(C(=O)OC3CCCCC3)=C(C)NC3=C2C(=O)CC(C)(C)C3)cc1OC. The van der Waals surface area contributed by atoms with E-state index in [0.717, 1.165) is 49.1 Å². The average Bonchev–Trinajstić information content (AvgIpc) is 2.77. The number of carbonyl (C=O) groups is 2. The molecule has 1 aromatic carbocycles. The van der Waals surface area contributed by atoms with Crippen LogP contribution in [-0.4, -0.2) is 32.1 Å². The monoisotopic (exact) mass is 453 g/mol. The van der Waals surface area contributed by atoms with Gasteiger partial charge in [-0.15, -0.1) is 0 Å². The Morgan fingerprint density at radius 1 is 1.03 bits per heavy atom. The number of rotatable bonds is 5. The maximum Gasteiger partial charge on any atom is 0.337 e. The first-order valence-corrected chi connectivity index (χ1v) is 11.9. The Labute approximate surface area is 196 Å². The molecule has 1 saturated carbocycles. The fraction of sp³-hybridized carbons (Fsp3) is 0.556. The van der Waals surface area contributed by atoms with Crippen LogP contribution < -0.4 is 14.8 Å². The highest BCUT2D eigenvalue weighted by Gasteiger charge is 2.43. The van der Waals surface area contributed by atoms with E-state index < -0.39 is 5.92 Å². The van der Waals surface area contributed by atoms with E-state index in [0.29, 0.717) is 29.1 Å². The summed E-state index contributed by atoms with van der Waals surface area (Å²) >= 11 is 0. The van der Waals surface area contributed by atoms with Crippen molar-refractivity contribution in [3.05, 3.63) is 46.3 Å². The number of hydrogen-bond donors (Lipinski definition) is 1. The zero-order chi connectivity index (χ0) is 23.8. The molecule has 0 aromatic heterocycles. The van der Waals surface area contributed by atoms with Crippen LogP contribution in [0.2, 0.25) is 0 Å². The van der Waals surface area contributed by atoms with Crippen LogP contribution in [0.25, 0.3) is 0 Å². The van der Waals surface area contributed by atoms with Crippen LogP contribution in [0.5, 0.6) is 11.5 Å². The molecule has 1 aromatic rings. The molecule has 33 heavy (non-hydrogen) atoms. The largest absolute Gasteiger partial charge is 0.493 e. The maximum absolute atomic E-state index is 13.5. The number of dihydropyridines is 1. The van der Waals surface area contributed by atoms with Crippen molar-refractivity contribution in [2.75, 3.05) is 14.2 Å². The normalized spacial score (nSPS) is 23.1. The summed E-state index contributed by atoms with van der Waals surface area (Å²) in [6.07, 6.45) is 6.27. The Hall–Kier alpha value is -2.76. The average molecular weight is 454 g/mol. The second-order valence-electron chi connectivity index (χ2n) is 10.2. The number of hydrogen-bond acceptors (Lipinski definition) is 6. The van der Waals surface area contributed by atoms with Gasteiger partial charge in [0.25, 0.3) is 0 Å². The quantitative estimate of drug-likeness (QED) is 0.619. The van der Waals surface area contributed by atoms with Crippen molar-refractivity contribution in [2.45, 2.75) is 77.7 Å². The van der Waals surface area contributed by atoms with Gasteiger partial charge in [0.05, 0.1) is 19.8 Å². The summed E-state index contributed by atoms with van der Waals surface area (Å²) in [5.74, 6) is 0.407. The summed E-state index contributed by atoms with van der Waals surface area (Å²) in [5.41, 5.74) is 3.53. The minimum absolute atomic E-state index is 0.0611. The highest BCUT2D eigenvalue weighted by Crippen LogP contribution is 2.48. The van der Waals surface area contributed by atoms with Crippen molar-refractivity contribution in [2.24, 2.45) is 5.41 Å². The van der Waals surface area contributed by atoms with Crippen LogP contribution in [0.4, 0.5) is 0 Å². The zero-order valence-corrected chi connectivity index (χ0v) is 20.4. The van der Waals surface area contributed by atoms with Gasteiger partial charge >= 0.3 is 5.97 Å². The molecule has 1 fully saturated rings. The molecule has 0 unspecified atom stereocenters. The molecule has 4 rings (SSSR count). The number of benzene rings is 1. The van der Waals surface area contributed by atoms with Gasteiger partial charge < -0.3 is 19.5 Å². The Kier molecular flexibility index (Phi) is 6.55. The van der Waals surface area contributed by atoms with Gasteiger partial charge in [-0.1, -0.05) is 26.3 Å². The number of esters is 1. The molecular weight excluding hydrogens is 418 g/mol. The smallest absolute Gasteiger partial charge is 0.337 e. The van der Waals surface area contributed by atoms with Gasteiger partial charge in [0, 0.05) is 29.3 Å². The first-order chi connectivity index (χ1) is 15.7. The molecule has 1 heterocycles. The van der Waals surface area contributed by atoms with Crippen molar-refractivity contribution in [1.82, 2.24) is 5.32 Å². The van der Waals surface area contributed by atoms with E-state index in [1.807, 2.05) is 25.1 Å². The van der Waals surface area contributed by atoms with Crippen LogP contribution in [0, 0.1) is 5.41 Å². The second-order valence-corrected chi connectivity index (χ2v) is 10.2. The minimum Gasteiger partial charge on any atom is -0.493 e. The number of nitrogens with one attached hydrogen (secondary N) is 1. The van der Waals surface area contributed by atoms with Crippen molar-refractivity contribution in [1.29, 1.82) is 0 Å². The predicted octanol–water partition coefficient (Wildman–Crippen LogP) is 5.18. The number of allylic oxidation sites excluding steroid dienone is 3. The number of carbonyl (C=O) groups excluding carboxylic acids is 2. The van der Waals surface area contributed by atoms with Crippen molar-refractivity contribution < 1.29 is 23.8 Å². The van der Waals surface area contributed by atoms with Crippen LogP contribution in [0.15, 0.2) is 40.7 Å². The van der Waals surface area contributed by atoms with Crippen molar-refractivity contribution in [3.8, 4) is 11.5 Å². The Morgan fingerprint density at radius 3 is 2.39 bits per heavy atom. The molecule has 6 heteroatoms. The van der Waals surface area contributed by atoms with E-state index in [2.05, 4.69) is 19.2 Å². The summed E-state index contributed by atoms with van der Waals surface area (Å²) in [4.78, 5) is 27.0. The van der Waals surface area contributed by atoms with Gasteiger partial charge in [-0.05, 0) is 62.1 Å². The van der Waals surface area contributed by atoms with Crippen LogP contribution in [0.1, 0.15) is 77.2 Å². The van der Waals surface area contributed by atoms with E-state index in [9.17, 15) is 9.59 Å². The summed E-state index contributed by atoms with van der Waals surface area (Å²) in [6.45, 7) is 6.11. The lowest BCUT2D eigenvalue weighted by molar-refractivity contribution is -0.146. The zero-order valence-electron chi connectivity index (χ0n) is 20.4. The fourth-order valence-corrected chi connectivity index (χ4v) is 5.47. The summed E-state index contributed by atoms with van der Waals surface area (Å²) in [6, 6.07) is 5.61. The molecule has 1 atom stereocenters. The molecule has 6 nitrogen and oxygen atoms in total. The minimum atomic E-state index is -0.499. The third kappa shape index (κ3) is 4.66. The van der Waals surface area contributed by atoms with Crippen LogP contribution in [0.3, 0.4) is 0 Å². The van der Waals surface area contributed by atoms with Crippen molar-refractivity contribution in [3.63, 3.8) is 0 Å². The van der Waals surface area contributed by atoms with Gasteiger partial charge in [-0.3, -0.25) is 4.79 Å². The fourth-order valence-electron chi connectivity index (χ4n) is 5.47. The molecule has 2 aliphatic carbocycles. The molecule has 0 amide bonds. The first-order valence-electron chi connectivity index (χ1n) is 11.9. The second kappa shape index (κ2) is 9.24. The summed E-state index contributed by atoms with van der Waals surface area (Å²) < 4.78 is 16.9. The number of Topliss-reactive ketones (excluding diaryl/α,β-unsaturated/α-hetero) is 1. The number of methoxy groups -OCH3 is 2. The molecule has 0 saturated heterocycles. The molecular formula is C27H35NO5. The van der Waals surface area contributed by atoms with E-state index in [4.69, 9.17) is 14.2 Å². The first kappa shape index (κ1) is 23.4. The van der Waals surface area contributed by atoms with Crippen LogP contribution >= 0.6 is 0 Å². The lowest BCUT2D eigenvalue weighted by Gasteiger charge is -2.39. The lowest BCUT2D eigenvalue weighted by Crippen LogP contribution is -2.39. The van der Waals surface area contributed by atoms with E-state index in [1.54, 1.807) is 14.2 Å². The molecule has 178 valence electrons. The highest BCUT2D eigenvalue weighted by molar-refractivity contribution is 6.04. The third-order valence-corrected chi connectivity index (χ3v) is 7.03. The lowest BCUT2D eigenvalue weighted by atomic mass is 9.68. The van der Waals surface area contributed by atoms with Gasteiger partial charge in [0.1, 0.15) is 6.10 Å². The predicted molar refractivity (Wildman–Crippen MR) is 126 cm³/mol. The van der Waals surface area contributed by atoms with Crippen LogP contribution in [-0.2, 0) is 14.3 Å². The molecule has 0 bridgehead atoms. The standard InChI is InChI=1S/C27H35NO5/c1-16-23(26(30)33-18-9-7-6-8-10-18)24(17-11-12-21(31-4)22(13-17)32-5)25-19(28-16)14-27(2,3)15-20(25)29/h11-13,18,24,28H,6-10,14-15H2,1-5H3/t24-/m0/s1. The maximum atomic E-state index is 13.5. The highest BCUT2D eigenvalue weighted by atomic mass is 16.5. The molecule has 3 aliphatic rings. The Balaban J connectivity index is 1.79. The summed E-state index contributed by atoms with van der Waals surface area (Å²) in [7, 11) is 3.18. The van der Waals surface area contributed by atoms with Gasteiger partial charge in [0.2, 0.25) is 0 Å². The van der Waals surface area contributed by atoms with E-state index >= 15 is 0 Å². The Bertz CT molecular complexity index is 1010. The molecule has 1 aliphatic heterocycles. The van der Waals surface area contributed by atoms with Gasteiger partial charge in [-0.25, -0.2) is 4.79 Å². The van der Waals surface area contributed by atoms with Gasteiger partial charge in [-0.2, -0.15) is 0 Å². The summed E-state index contributed by atoms with van der Waals surface area (Å²) in [5, 5.41) is 3.41.